The van der Waals surface area contributed by atoms with Gasteiger partial charge < -0.3 is 4.90 Å². The Kier molecular flexibility index (Phi) is 3.62. The molecule has 1 amide bonds. The Bertz CT molecular complexity index is 787. The van der Waals surface area contributed by atoms with Crippen molar-refractivity contribution in [2.75, 3.05) is 19.6 Å². The zero-order valence-corrected chi connectivity index (χ0v) is 12.7. The standard InChI is InChI=1S/C14H13F3N2O3S/c15-14(16,17)10-3-1-4-11(9-10)23(21,22)19-8-7-18-6-2-5-12(18)13(19)20/h1,3-5,9H,2,6-8H2. The van der Waals surface area contributed by atoms with E-state index in [2.05, 4.69) is 0 Å². The molecule has 2 aliphatic rings. The summed E-state index contributed by atoms with van der Waals surface area (Å²) in [6, 6.07) is 3.43. The summed E-state index contributed by atoms with van der Waals surface area (Å²) < 4.78 is 64.0. The van der Waals surface area contributed by atoms with Gasteiger partial charge >= 0.3 is 6.18 Å². The highest BCUT2D eigenvalue weighted by molar-refractivity contribution is 7.89. The second kappa shape index (κ2) is 5.26. The highest BCUT2D eigenvalue weighted by atomic mass is 32.2. The highest BCUT2D eigenvalue weighted by Gasteiger charge is 2.39. The fourth-order valence-electron chi connectivity index (χ4n) is 2.69. The van der Waals surface area contributed by atoms with Crippen molar-refractivity contribution in [3.8, 4) is 0 Å². The Hall–Kier alpha value is -2.03. The van der Waals surface area contributed by atoms with Crippen molar-refractivity contribution >= 4 is 15.9 Å². The van der Waals surface area contributed by atoms with Crippen LogP contribution in [0.5, 0.6) is 0 Å². The molecular weight excluding hydrogens is 333 g/mol. The number of alkyl halides is 3. The van der Waals surface area contributed by atoms with E-state index in [0.29, 0.717) is 35.6 Å². The van der Waals surface area contributed by atoms with Crippen LogP contribution in [0.1, 0.15) is 12.0 Å². The van der Waals surface area contributed by atoms with E-state index >= 15 is 0 Å². The molecule has 0 bridgehead atoms. The number of hydrogen-bond donors (Lipinski definition) is 0. The minimum atomic E-state index is -4.65. The maximum absolute atomic E-state index is 12.8. The van der Waals surface area contributed by atoms with Gasteiger partial charge in [0.15, 0.2) is 0 Å². The molecule has 3 rings (SSSR count). The summed E-state index contributed by atoms with van der Waals surface area (Å²) in [5, 5.41) is 0. The number of carbonyl (C=O) groups excluding carboxylic acids is 1. The third-order valence-electron chi connectivity index (χ3n) is 3.85. The van der Waals surface area contributed by atoms with Crippen LogP contribution in [-0.4, -0.2) is 43.2 Å². The van der Waals surface area contributed by atoms with E-state index in [-0.39, 0.29) is 6.54 Å². The maximum atomic E-state index is 12.8. The third-order valence-corrected chi connectivity index (χ3v) is 5.62. The Labute approximate surface area is 131 Å². The minimum Gasteiger partial charge on any atom is -0.365 e. The highest BCUT2D eigenvalue weighted by Crippen LogP contribution is 2.32. The Morgan fingerprint density at radius 3 is 2.52 bits per heavy atom. The number of amides is 1. The molecule has 1 saturated heterocycles. The van der Waals surface area contributed by atoms with Crippen LogP contribution in [0.3, 0.4) is 0 Å². The third kappa shape index (κ3) is 2.69. The monoisotopic (exact) mass is 346 g/mol. The molecule has 0 aromatic heterocycles. The molecule has 2 heterocycles. The maximum Gasteiger partial charge on any atom is 0.416 e. The molecule has 0 saturated carbocycles. The molecular formula is C14H13F3N2O3S. The molecule has 0 aliphatic carbocycles. The van der Waals surface area contributed by atoms with Gasteiger partial charge in [0.1, 0.15) is 0 Å². The SMILES string of the molecule is O=C1C2=CCCN2CCN1S(=O)(=O)c1cccc(C(F)(F)F)c1. The van der Waals surface area contributed by atoms with Gasteiger partial charge in [0, 0.05) is 13.1 Å². The number of hydrogen-bond acceptors (Lipinski definition) is 4. The molecule has 0 spiro atoms. The molecule has 1 aromatic rings. The second-order valence-corrected chi connectivity index (χ2v) is 7.14. The lowest BCUT2D eigenvalue weighted by atomic mass is 10.2. The number of benzene rings is 1. The van der Waals surface area contributed by atoms with Crippen LogP contribution in [0.15, 0.2) is 40.9 Å². The predicted octanol–water partition coefficient (Wildman–Crippen LogP) is 1.83. The number of rotatable bonds is 2. The lowest BCUT2D eigenvalue weighted by Crippen LogP contribution is -2.49. The van der Waals surface area contributed by atoms with Crippen LogP contribution in [0.4, 0.5) is 13.2 Å². The number of piperazine rings is 1. The number of nitrogens with zero attached hydrogens (tertiary/aromatic N) is 2. The van der Waals surface area contributed by atoms with Crippen molar-refractivity contribution in [3.05, 3.63) is 41.6 Å². The Morgan fingerprint density at radius 2 is 1.83 bits per heavy atom. The second-order valence-electron chi connectivity index (χ2n) is 5.27. The van der Waals surface area contributed by atoms with Gasteiger partial charge in [0.2, 0.25) is 0 Å². The molecule has 0 atom stereocenters. The van der Waals surface area contributed by atoms with Crippen molar-refractivity contribution < 1.29 is 26.4 Å². The molecule has 124 valence electrons. The van der Waals surface area contributed by atoms with Crippen LogP contribution in [0.25, 0.3) is 0 Å². The fraction of sp³-hybridized carbons (Fsp3) is 0.357. The van der Waals surface area contributed by atoms with Gasteiger partial charge in [0.25, 0.3) is 15.9 Å². The quantitative estimate of drug-likeness (QED) is 0.820. The molecule has 0 radical (unpaired) electrons. The minimum absolute atomic E-state index is 0.0747. The summed E-state index contributed by atoms with van der Waals surface area (Å²) >= 11 is 0. The van der Waals surface area contributed by atoms with Gasteiger partial charge in [-0.15, -0.1) is 0 Å². The Balaban J connectivity index is 1.97. The first kappa shape index (κ1) is 15.9. The first-order chi connectivity index (χ1) is 10.7. The fourth-order valence-corrected chi connectivity index (χ4v) is 4.11. The van der Waals surface area contributed by atoms with Gasteiger partial charge in [-0.3, -0.25) is 4.79 Å². The predicted molar refractivity (Wildman–Crippen MR) is 74.6 cm³/mol. The molecule has 5 nitrogen and oxygen atoms in total. The largest absolute Gasteiger partial charge is 0.416 e. The summed E-state index contributed by atoms with van der Waals surface area (Å²) in [5.74, 6) is -0.689. The molecule has 23 heavy (non-hydrogen) atoms. The van der Waals surface area contributed by atoms with Gasteiger partial charge in [-0.2, -0.15) is 13.2 Å². The van der Waals surface area contributed by atoms with E-state index in [1.165, 1.54) is 0 Å². The summed E-state index contributed by atoms with van der Waals surface area (Å²) in [7, 11) is -4.32. The first-order valence-corrected chi connectivity index (χ1v) is 8.35. The number of halogens is 3. The first-order valence-electron chi connectivity index (χ1n) is 6.91. The topological polar surface area (TPSA) is 57.7 Å². The van der Waals surface area contributed by atoms with Crippen molar-refractivity contribution in [2.45, 2.75) is 17.5 Å². The molecule has 1 aromatic carbocycles. The van der Waals surface area contributed by atoms with Gasteiger partial charge in [0.05, 0.1) is 22.7 Å². The number of sulfonamides is 1. The average molecular weight is 346 g/mol. The summed E-state index contributed by atoms with van der Waals surface area (Å²) in [6.45, 7) is 0.920. The van der Waals surface area contributed by atoms with Crippen LogP contribution in [-0.2, 0) is 21.0 Å². The average Bonchev–Trinajstić information content (AvgIpc) is 2.96. The van der Waals surface area contributed by atoms with E-state index in [0.717, 1.165) is 18.2 Å². The summed E-state index contributed by atoms with van der Waals surface area (Å²) in [5.41, 5.74) is -0.767. The van der Waals surface area contributed by atoms with E-state index in [1.807, 2.05) is 0 Å². The van der Waals surface area contributed by atoms with Crippen LogP contribution in [0, 0.1) is 0 Å². The molecule has 0 N–H and O–H groups in total. The normalized spacial score (nSPS) is 18.9. The van der Waals surface area contributed by atoms with Crippen molar-refractivity contribution in [2.24, 2.45) is 0 Å². The van der Waals surface area contributed by atoms with E-state index in [1.54, 1.807) is 11.0 Å². The lowest BCUT2D eigenvalue weighted by Gasteiger charge is -2.34. The van der Waals surface area contributed by atoms with Crippen LogP contribution in [0.2, 0.25) is 0 Å². The van der Waals surface area contributed by atoms with Gasteiger partial charge in [-0.1, -0.05) is 12.1 Å². The Morgan fingerprint density at radius 1 is 1.09 bits per heavy atom. The van der Waals surface area contributed by atoms with E-state index < -0.39 is 32.6 Å². The smallest absolute Gasteiger partial charge is 0.365 e. The van der Waals surface area contributed by atoms with Crippen LogP contribution >= 0.6 is 0 Å². The summed E-state index contributed by atoms with van der Waals surface area (Å²) in [4.78, 5) is 13.6. The molecule has 9 heteroatoms. The van der Waals surface area contributed by atoms with E-state index in [4.69, 9.17) is 0 Å². The van der Waals surface area contributed by atoms with Crippen molar-refractivity contribution in [1.29, 1.82) is 0 Å². The molecule has 1 fully saturated rings. The zero-order chi connectivity index (χ0) is 16.8. The van der Waals surface area contributed by atoms with Crippen molar-refractivity contribution in [1.82, 2.24) is 9.21 Å². The lowest BCUT2D eigenvalue weighted by molar-refractivity contribution is -0.137. The summed E-state index contributed by atoms with van der Waals surface area (Å²) in [6.07, 6.45) is -2.35. The molecule has 2 aliphatic heterocycles. The zero-order valence-electron chi connectivity index (χ0n) is 11.9. The van der Waals surface area contributed by atoms with Gasteiger partial charge in [-0.05, 0) is 24.6 Å². The molecule has 0 unspecified atom stereocenters. The van der Waals surface area contributed by atoms with E-state index in [9.17, 15) is 26.4 Å². The van der Waals surface area contributed by atoms with Gasteiger partial charge in [-0.25, -0.2) is 12.7 Å². The van der Waals surface area contributed by atoms with Crippen molar-refractivity contribution in [3.63, 3.8) is 0 Å². The number of carbonyl (C=O) groups is 1. The number of fused-ring (bicyclic) bond motifs is 1. The van der Waals surface area contributed by atoms with Crippen LogP contribution < -0.4 is 0 Å².